The Bertz CT molecular complexity index is 378. The molecule has 1 aromatic carbocycles. The van der Waals surface area contributed by atoms with E-state index in [1.165, 1.54) is 0 Å². The van der Waals surface area contributed by atoms with E-state index in [2.05, 4.69) is 10.6 Å². The molecule has 2 N–H and O–H groups in total. The lowest BCUT2D eigenvalue weighted by atomic mass is 10.2. The van der Waals surface area contributed by atoms with Crippen LogP contribution < -0.4 is 15.4 Å². The van der Waals surface area contributed by atoms with Crippen molar-refractivity contribution in [2.45, 2.75) is 20.3 Å². The van der Waals surface area contributed by atoms with E-state index in [4.69, 9.17) is 4.74 Å². The molecule has 0 unspecified atom stereocenters. The summed E-state index contributed by atoms with van der Waals surface area (Å²) in [5.74, 6) is 0.826. The average molecular weight is 236 g/mol. The van der Waals surface area contributed by atoms with Gasteiger partial charge in [0.1, 0.15) is 5.75 Å². The Balaban J connectivity index is 2.53. The summed E-state index contributed by atoms with van der Waals surface area (Å²) in [4.78, 5) is 11.6. The topological polar surface area (TPSA) is 50.4 Å². The van der Waals surface area contributed by atoms with Crippen molar-refractivity contribution in [3.05, 3.63) is 23.8 Å². The van der Waals surface area contributed by atoms with Gasteiger partial charge in [-0.1, -0.05) is 6.92 Å². The smallest absolute Gasteiger partial charge is 0.225 e. The van der Waals surface area contributed by atoms with Crippen molar-refractivity contribution in [1.29, 1.82) is 0 Å². The van der Waals surface area contributed by atoms with Crippen LogP contribution in [0.3, 0.4) is 0 Å². The van der Waals surface area contributed by atoms with Gasteiger partial charge in [-0.2, -0.15) is 0 Å². The van der Waals surface area contributed by atoms with Crippen molar-refractivity contribution >= 4 is 11.6 Å². The molecule has 0 fully saturated rings. The van der Waals surface area contributed by atoms with Gasteiger partial charge >= 0.3 is 0 Å². The molecule has 4 nitrogen and oxygen atoms in total. The Kier molecular flexibility index (Phi) is 5.49. The quantitative estimate of drug-likeness (QED) is 0.742. The minimum Gasteiger partial charge on any atom is -0.497 e. The molecule has 0 aliphatic carbocycles. The van der Waals surface area contributed by atoms with Crippen LogP contribution in [0, 0.1) is 6.92 Å². The molecule has 0 atom stereocenters. The highest BCUT2D eigenvalue weighted by atomic mass is 16.5. The van der Waals surface area contributed by atoms with Gasteiger partial charge in [-0.05, 0) is 37.2 Å². The molecule has 0 aliphatic heterocycles. The highest BCUT2D eigenvalue weighted by Gasteiger charge is 2.05. The number of amides is 1. The second-order valence-electron chi connectivity index (χ2n) is 3.83. The highest BCUT2D eigenvalue weighted by Crippen LogP contribution is 2.20. The van der Waals surface area contributed by atoms with Crippen LogP contribution in [-0.2, 0) is 4.79 Å². The van der Waals surface area contributed by atoms with Gasteiger partial charge in [0.25, 0.3) is 0 Å². The van der Waals surface area contributed by atoms with E-state index in [0.717, 1.165) is 23.5 Å². The molecular formula is C13H20N2O2. The fraction of sp³-hybridized carbons (Fsp3) is 0.462. The van der Waals surface area contributed by atoms with Crippen molar-refractivity contribution in [2.24, 2.45) is 0 Å². The van der Waals surface area contributed by atoms with Gasteiger partial charge in [0.15, 0.2) is 0 Å². The summed E-state index contributed by atoms with van der Waals surface area (Å²) < 4.78 is 5.11. The number of hydrogen-bond donors (Lipinski definition) is 2. The van der Waals surface area contributed by atoms with Crippen LogP contribution in [-0.4, -0.2) is 26.1 Å². The number of ether oxygens (including phenoxy) is 1. The van der Waals surface area contributed by atoms with E-state index < -0.39 is 0 Å². The lowest BCUT2D eigenvalue weighted by Gasteiger charge is -2.10. The van der Waals surface area contributed by atoms with Crippen molar-refractivity contribution in [3.63, 3.8) is 0 Å². The summed E-state index contributed by atoms with van der Waals surface area (Å²) in [7, 11) is 1.63. The normalized spacial score (nSPS) is 10.1. The lowest BCUT2D eigenvalue weighted by Crippen LogP contribution is -2.21. The van der Waals surface area contributed by atoms with Crippen LogP contribution in [0.4, 0.5) is 5.69 Å². The van der Waals surface area contributed by atoms with Crippen LogP contribution in [0.2, 0.25) is 0 Å². The maximum atomic E-state index is 11.6. The molecule has 1 amide bonds. The molecule has 1 aromatic rings. The first kappa shape index (κ1) is 13.5. The van der Waals surface area contributed by atoms with Crippen LogP contribution in [0.1, 0.15) is 18.9 Å². The van der Waals surface area contributed by atoms with Gasteiger partial charge < -0.3 is 15.4 Å². The zero-order valence-electron chi connectivity index (χ0n) is 10.7. The number of methoxy groups -OCH3 is 1. The van der Waals surface area contributed by atoms with E-state index >= 15 is 0 Å². The summed E-state index contributed by atoms with van der Waals surface area (Å²) in [6, 6.07) is 5.60. The van der Waals surface area contributed by atoms with Gasteiger partial charge in [-0.25, -0.2) is 0 Å². The largest absolute Gasteiger partial charge is 0.497 e. The molecular weight excluding hydrogens is 216 g/mol. The third-order valence-corrected chi connectivity index (χ3v) is 2.49. The van der Waals surface area contributed by atoms with E-state index in [-0.39, 0.29) is 5.91 Å². The Morgan fingerprint density at radius 1 is 1.41 bits per heavy atom. The van der Waals surface area contributed by atoms with Crippen molar-refractivity contribution in [2.75, 3.05) is 25.5 Å². The number of rotatable bonds is 6. The molecule has 0 bridgehead atoms. The SMILES string of the molecule is CCNCCC(=O)Nc1ccc(OC)cc1C. The number of nitrogens with one attached hydrogen (secondary N) is 2. The molecule has 94 valence electrons. The van der Waals surface area contributed by atoms with E-state index in [1.807, 2.05) is 32.0 Å². The molecule has 0 aliphatic rings. The first-order valence-corrected chi connectivity index (χ1v) is 5.82. The molecule has 0 saturated carbocycles. The maximum absolute atomic E-state index is 11.6. The summed E-state index contributed by atoms with van der Waals surface area (Å²) in [5.41, 5.74) is 1.84. The van der Waals surface area contributed by atoms with Crippen molar-refractivity contribution < 1.29 is 9.53 Å². The third kappa shape index (κ3) is 4.44. The Hall–Kier alpha value is -1.55. The molecule has 0 heterocycles. The fourth-order valence-electron chi connectivity index (χ4n) is 1.49. The zero-order chi connectivity index (χ0) is 12.7. The number of hydrogen-bond acceptors (Lipinski definition) is 3. The average Bonchev–Trinajstić information content (AvgIpc) is 2.32. The zero-order valence-corrected chi connectivity index (χ0v) is 10.7. The van der Waals surface area contributed by atoms with Gasteiger partial charge in [0.05, 0.1) is 7.11 Å². The van der Waals surface area contributed by atoms with Gasteiger partial charge in [0, 0.05) is 18.7 Å². The standard InChI is InChI=1S/C13H20N2O2/c1-4-14-8-7-13(16)15-12-6-5-11(17-3)9-10(12)2/h5-6,9,14H,4,7-8H2,1-3H3,(H,15,16). The van der Waals surface area contributed by atoms with Crippen LogP contribution in [0.15, 0.2) is 18.2 Å². The number of anilines is 1. The fourth-order valence-corrected chi connectivity index (χ4v) is 1.49. The summed E-state index contributed by atoms with van der Waals surface area (Å²) in [6.07, 6.45) is 0.485. The number of carbonyl (C=O) groups excluding carboxylic acids is 1. The molecule has 4 heteroatoms. The van der Waals surface area contributed by atoms with Crippen LogP contribution >= 0.6 is 0 Å². The first-order chi connectivity index (χ1) is 8.17. The second kappa shape index (κ2) is 6.91. The summed E-state index contributed by atoms with van der Waals surface area (Å²) >= 11 is 0. The molecule has 0 saturated heterocycles. The monoisotopic (exact) mass is 236 g/mol. The third-order valence-electron chi connectivity index (χ3n) is 2.49. The Labute approximate surface area is 102 Å². The van der Waals surface area contributed by atoms with Gasteiger partial charge in [0.2, 0.25) is 5.91 Å². The highest BCUT2D eigenvalue weighted by molar-refractivity contribution is 5.91. The van der Waals surface area contributed by atoms with E-state index in [0.29, 0.717) is 13.0 Å². The molecule has 1 rings (SSSR count). The number of aryl methyl sites for hydroxylation is 1. The second-order valence-corrected chi connectivity index (χ2v) is 3.83. The molecule has 0 spiro atoms. The predicted molar refractivity (Wildman–Crippen MR) is 69.5 cm³/mol. The van der Waals surface area contributed by atoms with E-state index in [1.54, 1.807) is 7.11 Å². The van der Waals surface area contributed by atoms with Crippen LogP contribution in [0.25, 0.3) is 0 Å². The molecule has 0 aromatic heterocycles. The van der Waals surface area contributed by atoms with Crippen LogP contribution in [0.5, 0.6) is 5.75 Å². The van der Waals surface area contributed by atoms with Crippen molar-refractivity contribution in [1.82, 2.24) is 5.32 Å². The number of carbonyl (C=O) groups is 1. The van der Waals surface area contributed by atoms with Crippen molar-refractivity contribution in [3.8, 4) is 5.75 Å². The van der Waals surface area contributed by atoms with E-state index in [9.17, 15) is 4.79 Å². The molecule has 0 radical (unpaired) electrons. The predicted octanol–water partition coefficient (Wildman–Crippen LogP) is 1.94. The first-order valence-electron chi connectivity index (χ1n) is 5.82. The minimum atomic E-state index is 0.0271. The maximum Gasteiger partial charge on any atom is 0.225 e. The lowest BCUT2D eigenvalue weighted by molar-refractivity contribution is -0.116. The Morgan fingerprint density at radius 3 is 2.76 bits per heavy atom. The summed E-state index contributed by atoms with van der Waals surface area (Å²) in [6.45, 7) is 5.56. The van der Waals surface area contributed by atoms with Gasteiger partial charge in [-0.3, -0.25) is 4.79 Å². The Morgan fingerprint density at radius 2 is 2.18 bits per heavy atom. The minimum absolute atomic E-state index is 0.0271. The number of benzene rings is 1. The summed E-state index contributed by atoms with van der Waals surface area (Å²) in [5, 5.41) is 6.00. The van der Waals surface area contributed by atoms with Gasteiger partial charge in [-0.15, -0.1) is 0 Å². The molecule has 17 heavy (non-hydrogen) atoms.